The van der Waals surface area contributed by atoms with E-state index in [0.717, 1.165) is 25.0 Å². The van der Waals surface area contributed by atoms with Crippen LogP contribution in [0.5, 0.6) is 5.75 Å². The van der Waals surface area contributed by atoms with E-state index in [0.29, 0.717) is 12.2 Å². The van der Waals surface area contributed by atoms with Crippen LogP contribution in [0.2, 0.25) is 0 Å². The number of amides is 1. The highest BCUT2D eigenvalue weighted by atomic mass is 16.5. The number of benzene rings is 1. The van der Waals surface area contributed by atoms with E-state index in [4.69, 9.17) is 4.74 Å². The lowest BCUT2D eigenvalue weighted by Gasteiger charge is -2.34. The average molecular weight is 249 g/mol. The van der Waals surface area contributed by atoms with E-state index in [1.165, 1.54) is 0 Å². The van der Waals surface area contributed by atoms with Crippen LogP contribution in [0, 0.1) is 6.92 Å². The molecule has 0 bridgehead atoms. The zero-order chi connectivity index (χ0) is 13.2. The number of phenolic OH excluding ortho intramolecular Hbond substituents is 1. The van der Waals surface area contributed by atoms with Gasteiger partial charge in [0.15, 0.2) is 0 Å². The quantitative estimate of drug-likeness (QED) is 0.842. The molecule has 4 nitrogen and oxygen atoms in total. The maximum Gasteiger partial charge on any atom is 0.255 e. The minimum atomic E-state index is -0.341. The van der Waals surface area contributed by atoms with Crippen molar-refractivity contribution in [2.75, 3.05) is 13.2 Å². The van der Waals surface area contributed by atoms with Crippen LogP contribution in [0.25, 0.3) is 0 Å². The van der Waals surface area contributed by atoms with E-state index < -0.39 is 0 Å². The normalized spacial score (nSPS) is 23.7. The summed E-state index contributed by atoms with van der Waals surface area (Å²) < 4.78 is 5.39. The number of carbonyl (C=O) groups is 1. The topological polar surface area (TPSA) is 58.6 Å². The Labute approximate surface area is 107 Å². The predicted octanol–water partition coefficient (Wildman–Crippen LogP) is 2.00. The van der Waals surface area contributed by atoms with Crippen molar-refractivity contribution in [2.45, 2.75) is 32.2 Å². The molecule has 0 spiro atoms. The molecule has 1 fully saturated rings. The van der Waals surface area contributed by atoms with Crippen LogP contribution in [0.15, 0.2) is 18.2 Å². The first-order chi connectivity index (χ1) is 8.50. The Morgan fingerprint density at radius 1 is 1.50 bits per heavy atom. The van der Waals surface area contributed by atoms with Gasteiger partial charge in [-0.2, -0.15) is 0 Å². The summed E-state index contributed by atoms with van der Waals surface area (Å²) in [7, 11) is 0. The van der Waals surface area contributed by atoms with Gasteiger partial charge in [0, 0.05) is 6.61 Å². The number of aromatic hydroxyl groups is 1. The number of hydrogen-bond donors (Lipinski definition) is 2. The first-order valence-electron chi connectivity index (χ1n) is 6.20. The van der Waals surface area contributed by atoms with Gasteiger partial charge in [-0.1, -0.05) is 6.07 Å². The third-order valence-corrected chi connectivity index (χ3v) is 3.25. The number of rotatable bonds is 2. The molecule has 1 aliphatic rings. The second-order valence-corrected chi connectivity index (χ2v) is 5.19. The monoisotopic (exact) mass is 249 g/mol. The Morgan fingerprint density at radius 2 is 2.28 bits per heavy atom. The molecular formula is C14H19NO3. The van der Waals surface area contributed by atoms with Crippen molar-refractivity contribution in [3.05, 3.63) is 29.3 Å². The molecule has 0 radical (unpaired) electrons. The molecule has 1 atom stereocenters. The molecular weight excluding hydrogens is 230 g/mol. The molecule has 98 valence electrons. The molecule has 1 unspecified atom stereocenters. The molecule has 0 aliphatic carbocycles. The van der Waals surface area contributed by atoms with Crippen LogP contribution in [0.4, 0.5) is 0 Å². The van der Waals surface area contributed by atoms with Crippen molar-refractivity contribution >= 4 is 5.91 Å². The van der Waals surface area contributed by atoms with Gasteiger partial charge in [-0.05, 0) is 44.4 Å². The molecule has 1 heterocycles. The van der Waals surface area contributed by atoms with E-state index in [1.54, 1.807) is 12.1 Å². The third kappa shape index (κ3) is 2.82. The Morgan fingerprint density at radius 3 is 2.89 bits per heavy atom. The van der Waals surface area contributed by atoms with Crippen molar-refractivity contribution in [3.63, 3.8) is 0 Å². The van der Waals surface area contributed by atoms with Gasteiger partial charge in [-0.25, -0.2) is 0 Å². The van der Waals surface area contributed by atoms with E-state index in [1.807, 2.05) is 19.9 Å². The third-order valence-electron chi connectivity index (χ3n) is 3.25. The fourth-order valence-corrected chi connectivity index (χ4v) is 2.21. The summed E-state index contributed by atoms with van der Waals surface area (Å²) >= 11 is 0. The number of ether oxygens (including phenoxy) is 1. The Bertz CT molecular complexity index is 450. The number of carbonyl (C=O) groups excluding carboxylic acids is 1. The zero-order valence-corrected chi connectivity index (χ0v) is 10.8. The number of aryl methyl sites for hydroxylation is 1. The lowest BCUT2D eigenvalue weighted by atomic mass is 9.94. The number of nitrogens with one attached hydrogen (secondary N) is 1. The maximum atomic E-state index is 12.1. The molecule has 18 heavy (non-hydrogen) atoms. The van der Waals surface area contributed by atoms with Crippen LogP contribution in [-0.2, 0) is 4.74 Å². The Hall–Kier alpha value is -1.55. The summed E-state index contributed by atoms with van der Waals surface area (Å²) in [6.45, 7) is 5.11. The fraction of sp³-hybridized carbons (Fsp3) is 0.500. The van der Waals surface area contributed by atoms with E-state index in [-0.39, 0.29) is 17.2 Å². The van der Waals surface area contributed by atoms with Gasteiger partial charge >= 0.3 is 0 Å². The minimum Gasteiger partial charge on any atom is -0.507 e. The smallest absolute Gasteiger partial charge is 0.255 e. The maximum absolute atomic E-state index is 12.1. The van der Waals surface area contributed by atoms with Crippen LogP contribution in [0.3, 0.4) is 0 Å². The summed E-state index contributed by atoms with van der Waals surface area (Å²) in [5, 5.41) is 12.7. The zero-order valence-electron chi connectivity index (χ0n) is 10.8. The van der Waals surface area contributed by atoms with Gasteiger partial charge in [0.05, 0.1) is 17.7 Å². The molecule has 2 N–H and O–H groups in total. The van der Waals surface area contributed by atoms with Gasteiger partial charge in [0.2, 0.25) is 0 Å². The van der Waals surface area contributed by atoms with Gasteiger partial charge in [-0.3, -0.25) is 4.79 Å². The summed E-state index contributed by atoms with van der Waals surface area (Å²) in [5.41, 5.74) is 0.899. The largest absolute Gasteiger partial charge is 0.507 e. The van der Waals surface area contributed by atoms with E-state index in [9.17, 15) is 9.90 Å². The van der Waals surface area contributed by atoms with Crippen molar-refractivity contribution in [2.24, 2.45) is 0 Å². The average Bonchev–Trinajstić information content (AvgIpc) is 2.28. The van der Waals surface area contributed by atoms with Crippen molar-refractivity contribution in [1.29, 1.82) is 0 Å². The van der Waals surface area contributed by atoms with Crippen LogP contribution in [-0.4, -0.2) is 29.8 Å². The second kappa shape index (κ2) is 4.98. The second-order valence-electron chi connectivity index (χ2n) is 5.19. The molecule has 0 saturated carbocycles. The van der Waals surface area contributed by atoms with Crippen molar-refractivity contribution < 1.29 is 14.6 Å². The standard InChI is InChI=1S/C14H19NO3/c1-10-4-5-11(12(16)8-10)13(17)15-14(2)6-3-7-18-9-14/h4-5,8,16H,3,6-7,9H2,1-2H3,(H,15,17). The number of phenols is 1. The van der Waals surface area contributed by atoms with Gasteiger partial charge in [-0.15, -0.1) is 0 Å². The molecule has 2 rings (SSSR count). The van der Waals surface area contributed by atoms with Gasteiger partial charge in [0.25, 0.3) is 5.91 Å². The van der Waals surface area contributed by atoms with Crippen LogP contribution >= 0.6 is 0 Å². The minimum absolute atomic E-state index is 0.0211. The molecule has 0 aromatic heterocycles. The van der Waals surface area contributed by atoms with Crippen LogP contribution in [0.1, 0.15) is 35.7 Å². The first-order valence-corrected chi connectivity index (χ1v) is 6.20. The summed E-state index contributed by atoms with van der Waals surface area (Å²) in [4.78, 5) is 12.1. The van der Waals surface area contributed by atoms with Crippen molar-refractivity contribution in [3.8, 4) is 5.75 Å². The summed E-state index contributed by atoms with van der Waals surface area (Å²) in [6, 6.07) is 5.05. The summed E-state index contributed by atoms with van der Waals surface area (Å²) in [5.74, 6) is -0.228. The lowest BCUT2D eigenvalue weighted by Crippen LogP contribution is -2.51. The molecule has 1 saturated heterocycles. The molecule has 1 aromatic carbocycles. The SMILES string of the molecule is Cc1ccc(C(=O)NC2(C)CCCOC2)c(O)c1. The van der Waals surface area contributed by atoms with Crippen LogP contribution < -0.4 is 5.32 Å². The van der Waals surface area contributed by atoms with Gasteiger partial charge < -0.3 is 15.2 Å². The highest BCUT2D eigenvalue weighted by Gasteiger charge is 2.30. The molecule has 4 heteroatoms. The molecule has 1 aromatic rings. The molecule has 1 amide bonds. The van der Waals surface area contributed by atoms with E-state index in [2.05, 4.69) is 5.32 Å². The Balaban J connectivity index is 2.11. The highest BCUT2D eigenvalue weighted by molar-refractivity contribution is 5.97. The highest BCUT2D eigenvalue weighted by Crippen LogP contribution is 2.22. The fourth-order valence-electron chi connectivity index (χ4n) is 2.21. The van der Waals surface area contributed by atoms with Gasteiger partial charge in [0.1, 0.15) is 5.75 Å². The van der Waals surface area contributed by atoms with E-state index >= 15 is 0 Å². The molecule has 1 aliphatic heterocycles. The predicted molar refractivity (Wildman–Crippen MR) is 68.8 cm³/mol. The first kappa shape index (κ1) is 12.9. The lowest BCUT2D eigenvalue weighted by molar-refractivity contribution is 0.0272. The van der Waals surface area contributed by atoms with Crippen molar-refractivity contribution in [1.82, 2.24) is 5.32 Å². The number of hydrogen-bond acceptors (Lipinski definition) is 3. The Kier molecular flexibility index (Phi) is 3.57. The summed E-state index contributed by atoms with van der Waals surface area (Å²) in [6.07, 6.45) is 1.84.